The Morgan fingerprint density at radius 3 is 2.95 bits per heavy atom. The topological polar surface area (TPSA) is 76.4 Å². The lowest BCUT2D eigenvalue weighted by molar-refractivity contribution is -0.126. The molecule has 21 heavy (non-hydrogen) atoms. The van der Waals surface area contributed by atoms with E-state index in [0.717, 1.165) is 12.1 Å². The number of carbonyl (C=O) groups excluding carboxylic acids is 1. The van der Waals surface area contributed by atoms with Gasteiger partial charge in [-0.3, -0.25) is 9.48 Å². The summed E-state index contributed by atoms with van der Waals surface area (Å²) in [5.74, 6) is -0.154. The van der Waals surface area contributed by atoms with Crippen LogP contribution in [0.2, 0.25) is 0 Å². The monoisotopic (exact) mass is 295 g/mol. The van der Waals surface area contributed by atoms with E-state index in [1.54, 1.807) is 20.0 Å². The third kappa shape index (κ3) is 4.04. The molecule has 6 nitrogen and oxygen atoms in total. The van der Waals surface area contributed by atoms with Crippen LogP contribution in [0.3, 0.4) is 0 Å². The minimum absolute atomic E-state index is 0.0750. The van der Waals surface area contributed by atoms with Crippen molar-refractivity contribution in [2.75, 3.05) is 6.61 Å². The molecule has 1 aromatic heterocycles. The van der Waals surface area contributed by atoms with Crippen LogP contribution in [0.1, 0.15) is 58.4 Å². The molecule has 2 rings (SSSR count). The van der Waals surface area contributed by atoms with Gasteiger partial charge >= 0.3 is 0 Å². The summed E-state index contributed by atoms with van der Waals surface area (Å²) in [5, 5.41) is 17.0. The third-order valence-electron chi connectivity index (χ3n) is 3.51. The summed E-state index contributed by atoms with van der Waals surface area (Å²) in [6.07, 6.45) is 2.43. The molecule has 0 aliphatic carbocycles. The molecule has 0 spiro atoms. The van der Waals surface area contributed by atoms with Crippen LogP contribution in [0.25, 0.3) is 0 Å². The fourth-order valence-electron chi connectivity index (χ4n) is 2.66. The Bertz CT molecular complexity index is 491. The Hall–Kier alpha value is -1.40. The second kappa shape index (κ2) is 6.15. The third-order valence-corrected chi connectivity index (χ3v) is 3.51. The maximum atomic E-state index is 12.0. The van der Waals surface area contributed by atoms with Crippen LogP contribution < -0.4 is 5.32 Å². The number of hydrogen-bond acceptors (Lipinski definition) is 4. The second-order valence-electron chi connectivity index (χ2n) is 6.54. The highest BCUT2D eigenvalue weighted by atomic mass is 16.5. The van der Waals surface area contributed by atoms with E-state index in [1.165, 1.54) is 0 Å². The van der Waals surface area contributed by atoms with Crippen molar-refractivity contribution in [2.45, 2.75) is 64.3 Å². The summed E-state index contributed by atoms with van der Waals surface area (Å²) in [7, 11) is 0. The lowest BCUT2D eigenvalue weighted by atomic mass is 10.0. The number of amides is 1. The predicted octanol–water partition coefficient (Wildman–Crippen LogP) is 1.57. The summed E-state index contributed by atoms with van der Waals surface area (Å²) < 4.78 is 7.72. The van der Waals surface area contributed by atoms with Crippen LogP contribution in [0.5, 0.6) is 0 Å². The largest absolute Gasteiger partial charge is 0.390 e. The summed E-state index contributed by atoms with van der Waals surface area (Å²) in [6.45, 7) is 7.99. The van der Waals surface area contributed by atoms with Gasteiger partial charge in [0, 0.05) is 18.8 Å². The van der Waals surface area contributed by atoms with Gasteiger partial charge in [-0.2, -0.15) is 5.10 Å². The molecular formula is C15H25N3O3. The molecule has 2 N–H and O–H groups in total. The predicted molar refractivity (Wildman–Crippen MR) is 78.8 cm³/mol. The summed E-state index contributed by atoms with van der Waals surface area (Å²) in [4.78, 5) is 12.0. The number of nitrogens with zero attached hydrogens (tertiary/aromatic N) is 2. The average molecular weight is 295 g/mol. The molecule has 2 heterocycles. The van der Waals surface area contributed by atoms with E-state index in [0.29, 0.717) is 6.61 Å². The molecule has 6 heteroatoms. The number of nitrogens with one attached hydrogen (secondary N) is 1. The van der Waals surface area contributed by atoms with Crippen LogP contribution in [0.15, 0.2) is 12.3 Å². The number of aliphatic hydroxyl groups is 1. The zero-order valence-corrected chi connectivity index (χ0v) is 13.2. The Morgan fingerprint density at radius 1 is 1.62 bits per heavy atom. The van der Waals surface area contributed by atoms with Gasteiger partial charge in [0.2, 0.25) is 5.91 Å². The van der Waals surface area contributed by atoms with Gasteiger partial charge in [0.25, 0.3) is 0 Å². The molecule has 0 bridgehead atoms. The first kappa shape index (κ1) is 16.0. The fraction of sp³-hybridized carbons (Fsp3) is 0.733. The van der Waals surface area contributed by atoms with Crippen LogP contribution >= 0.6 is 0 Å². The Kier molecular flexibility index (Phi) is 4.68. The van der Waals surface area contributed by atoms with Gasteiger partial charge in [0.1, 0.15) is 6.10 Å². The highest BCUT2D eigenvalue weighted by Gasteiger charge is 2.34. The van der Waals surface area contributed by atoms with E-state index >= 15 is 0 Å². The molecule has 1 aliphatic heterocycles. The normalized spacial score (nSPS) is 22.8. The number of carbonyl (C=O) groups is 1. The Balaban J connectivity index is 2.07. The molecule has 118 valence electrons. The van der Waals surface area contributed by atoms with Crippen molar-refractivity contribution in [1.82, 2.24) is 15.1 Å². The SMILES string of the molecule is CC(C)n1nccc1[C@H]1OCC[C@@H]1NC(=O)CC(C)(C)O. The van der Waals surface area contributed by atoms with Crippen LogP contribution in [0.4, 0.5) is 0 Å². The molecule has 1 aliphatic rings. The van der Waals surface area contributed by atoms with Gasteiger partial charge in [-0.15, -0.1) is 0 Å². The van der Waals surface area contributed by atoms with Crippen molar-refractivity contribution < 1.29 is 14.6 Å². The van der Waals surface area contributed by atoms with Crippen LogP contribution in [-0.4, -0.2) is 39.0 Å². The molecule has 1 fully saturated rings. The van der Waals surface area contributed by atoms with Crippen molar-refractivity contribution in [3.05, 3.63) is 18.0 Å². The van der Waals surface area contributed by atoms with Crippen LogP contribution in [0, 0.1) is 0 Å². The lowest BCUT2D eigenvalue weighted by Gasteiger charge is -2.24. The zero-order valence-electron chi connectivity index (χ0n) is 13.2. The van der Waals surface area contributed by atoms with Gasteiger partial charge in [-0.1, -0.05) is 0 Å². The van der Waals surface area contributed by atoms with Gasteiger partial charge in [-0.25, -0.2) is 0 Å². The lowest BCUT2D eigenvalue weighted by Crippen LogP contribution is -2.40. The molecule has 0 radical (unpaired) electrons. The highest BCUT2D eigenvalue weighted by molar-refractivity contribution is 5.77. The molecule has 1 saturated heterocycles. The van der Waals surface area contributed by atoms with Gasteiger partial charge in [0.05, 0.1) is 23.8 Å². The van der Waals surface area contributed by atoms with E-state index in [2.05, 4.69) is 24.3 Å². The summed E-state index contributed by atoms with van der Waals surface area (Å²) >= 11 is 0. The fourth-order valence-corrected chi connectivity index (χ4v) is 2.66. The van der Waals surface area contributed by atoms with Crippen molar-refractivity contribution in [3.63, 3.8) is 0 Å². The second-order valence-corrected chi connectivity index (χ2v) is 6.54. The zero-order chi connectivity index (χ0) is 15.6. The van der Waals surface area contributed by atoms with E-state index in [9.17, 15) is 9.90 Å². The van der Waals surface area contributed by atoms with E-state index in [-0.39, 0.29) is 30.5 Å². The molecular weight excluding hydrogens is 270 g/mol. The minimum Gasteiger partial charge on any atom is -0.390 e. The minimum atomic E-state index is -1.00. The van der Waals surface area contributed by atoms with E-state index in [4.69, 9.17) is 4.74 Å². The highest BCUT2D eigenvalue weighted by Crippen LogP contribution is 2.30. The Morgan fingerprint density at radius 2 is 2.33 bits per heavy atom. The van der Waals surface area contributed by atoms with Gasteiger partial charge in [-0.05, 0) is 40.2 Å². The summed E-state index contributed by atoms with van der Waals surface area (Å²) in [6, 6.07) is 2.10. The van der Waals surface area contributed by atoms with Gasteiger partial charge in [0.15, 0.2) is 0 Å². The van der Waals surface area contributed by atoms with E-state index in [1.807, 2.05) is 10.7 Å². The Labute approximate surface area is 125 Å². The summed E-state index contributed by atoms with van der Waals surface area (Å²) in [5.41, 5.74) is -0.0188. The quantitative estimate of drug-likeness (QED) is 0.864. The molecule has 2 atom stereocenters. The first-order valence-electron chi connectivity index (χ1n) is 7.44. The molecule has 0 unspecified atom stereocenters. The molecule has 1 aromatic rings. The maximum Gasteiger partial charge on any atom is 0.223 e. The number of hydrogen-bond donors (Lipinski definition) is 2. The van der Waals surface area contributed by atoms with Crippen molar-refractivity contribution in [2.24, 2.45) is 0 Å². The van der Waals surface area contributed by atoms with E-state index < -0.39 is 5.60 Å². The number of rotatable bonds is 5. The van der Waals surface area contributed by atoms with Crippen LogP contribution in [-0.2, 0) is 9.53 Å². The first-order chi connectivity index (χ1) is 9.78. The van der Waals surface area contributed by atoms with Crippen molar-refractivity contribution >= 4 is 5.91 Å². The van der Waals surface area contributed by atoms with Gasteiger partial charge < -0.3 is 15.2 Å². The molecule has 0 saturated carbocycles. The molecule has 1 amide bonds. The molecule has 0 aromatic carbocycles. The standard InChI is InChI=1S/C15H25N3O3/c1-10(2)18-12(5-7-16-18)14-11(6-8-21-14)17-13(19)9-15(3,4)20/h5,7,10-11,14,20H,6,8-9H2,1-4H3,(H,17,19)/t11-,14-/m0/s1. The van der Waals surface area contributed by atoms with Crippen molar-refractivity contribution in [3.8, 4) is 0 Å². The average Bonchev–Trinajstić information content (AvgIpc) is 2.92. The number of ether oxygens (including phenoxy) is 1. The maximum absolute atomic E-state index is 12.0. The number of aromatic nitrogens is 2. The van der Waals surface area contributed by atoms with Crippen molar-refractivity contribution in [1.29, 1.82) is 0 Å². The smallest absolute Gasteiger partial charge is 0.223 e. The first-order valence-corrected chi connectivity index (χ1v) is 7.44.